The lowest BCUT2D eigenvalue weighted by molar-refractivity contribution is -0.121. The van der Waals surface area contributed by atoms with Crippen molar-refractivity contribution in [2.75, 3.05) is 5.88 Å². The van der Waals surface area contributed by atoms with E-state index < -0.39 is 0 Å². The van der Waals surface area contributed by atoms with Gasteiger partial charge in [-0.15, -0.1) is 11.6 Å². The van der Waals surface area contributed by atoms with Crippen LogP contribution in [0.15, 0.2) is 24.3 Å². The molecule has 0 radical (unpaired) electrons. The third-order valence-corrected chi connectivity index (χ3v) is 2.98. The number of halogens is 1. The molecule has 2 nitrogen and oxygen atoms in total. The Labute approximate surface area is 108 Å². The van der Waals surface area contributed by atoms with Crippen molar-refractivity contribution in [3.05, 3.63) is 35.4 Å². The summed E-state index contributed by atoms with van der Waals surface area (Å²) >= 11 is 5.69. The molecule has 0 aliphatic carbocycles. The number of amides is 1. The molecule has 1 unspecified atom stereocenters. The number of benzene rings is 1. The molecule has 0 aliphatic heterocycles. The van der Waals surface area contributed by atoms with E-state index in [-0.39, 0.29) is 11.9 Å². The van der Waals surface area contributed by atoms with Crippen molar-refractivity contribution in [3.8, 4) is 0 Å². The first kappa shape index (κ1) is 14.0. The second kappa shape index (κ2) is 7.33. The molecule has 0 spiro atoms. The molecule has 1 rings (SSSR count). The maximum absolute atomic E-state index is 11.8. The first-order chi connectivity index (χ1) is 8.15. The first-order valence-electron chi connectivity index (χ1n) is 6.06. The molecule has 0 aliphatic rings. The van der Waals surface area contributed by atoms with Gasteiger partial charge in [-0.25, -0.2) is 0 Å². The van der Waals surface area contributed by atoms with E-state index >= 15 is 0 Å². The van der Waals surface area contributed by atoms with Crippen LogP contribution in [0.4, 0.5) is 0 Å². The summed E-state index contributed by atoms with van der Waals surface area (Å²) in [6.45, 7) is 4.09. The lowest BCUT2D eigenvalue weighted by Gasteiger charge is -2.15. The highest BCUT2D eigenvalue weighted by molar-refractivity contribution is 6.17. The predicted octanol–water partition coefficient (Wildman–Crippen LogP) is 3.06. The van der Waals surface area contributed by atoms with Gasteiger partial charge in [0.2, 0.25) is 5.91 Å². The molecule has 0 saturated heterocycles. The van der Waals surface area contributed by atoms with Gasteiger partial charge in [-0.2, -0.15) is 0 Å². The van der Waals surface area contributed by atoms with E-state index in [4.69, 9.17) is 11.6 Å². The zero-order valence-corrected chi connectivity index (χ0v) is 11.3. The molecule has 0 heterocycles. The molecule has 0 bridgehead atoms. The minimum Gasteiger partial charge on any atom is -0.353 e. The van der Waals surface area contributed by atoms with Crippen LogP contribution in [-0.4, -0.2) is 17.8 Å². The van der Waals surface area contributed by atoms with Gasteiger partial charge in [0, 0.05) is 11.9 Å². The molecule has 0 saturated carbocycles. The number of nitrogens with one attached hydrogen (secondary N) is 1. The zero-order valence-electron chi connectivity index (χ0n) is 10.5. The van der Waals surface area contributed by atoms with Crippen molar-refractivity contribution < 1.29 is 4.79 Å². The molecule has 1 aromatic rings. The summed E-state index contributed by atoms with van der Waals surface area (Å²) in [4.78, 5) is 11.8. The summed E-state index contributed by atoms with van der Waals surface area (Å²) < 4.78 is 0. The van der Waals surface area contributed by atoms with Crippen molar-refractivity contribution in [2.45, 2.75) is 39.2 Å². The highest BCUT2D eigenvalue weighted by atomic mass is 35.5. The van der Waals surface area contributed by atoms with Crippen molar-refractivity contribution in [1.82, 2.24) is 5.32 Å². The Morgan fingerprint density at radius 3 is 2.82 bits per heavy atom. The van der Waals surface area contributed by atoms with Crippen LogP contribution in [0.3, 0.4) is 0 Å². The van der Waals surface area contributed by atoms with E-state index in [1.165, 1.54) is 5.56 Å². The lowest BCUT2D eigenvalue weighted by Crippen LogP contribution is -2.35. The van der Waals surface area contributed by atoms with Gasteiger partial charge in [0.1, 0.15) is 0 Å². The first-order valence-corrected chi connectivity index (χ1v) is 6.60. The van der Waals surface area contributed by atoms with Crippen LogP contribution >= 0.6 is 11.6 Å². The Hall–Kier alpha value is -1.02. The van der Waals surface area contributed by atoms with Crippen LogP contribution in [0.1, 0.15) is 30.9 Å². The number of alkyl halides is 1. The number of hydrogen-bond acceptors (Lipinski definition) is 1. The molecular formula is C14H20ClNO. The maximum atomic E-state index is 11.8. The van der Waals surface area contributed by atoms with E-state index in [0.29, 0.717) is 12.3 Å². The summed E-state index contributed by atoms with van der Waals surface area (Å²) in [6, 6.07) is 8.24. The Morgan fingerprint density at radius 2 is 2.24 bits per heavy atom. The Morgan fingerprint density at radius 1 is 1.47 bits per heavy atom. The van der Waals surface area contributed by atoms with Gasteiger partial charge in [-0.1, -0.05) is 36.8 Å². The van der Waals surface area contributed by atoms with Gasteiger partial charge in [0.15, 0.2) is 0 Å². The predicted molar refractivity (Wildman–Crippen MR) is 72.4 cm³/mol. The van der Waals surface area contributed by atoms with Gasteiger partial charge >= 0.3 is 0 Å². The number of aryl methyl sites for hydroxylation is 1. The number of hydrogen-bond donors (Lipinski definition) is 1. The maximum Gasteiger partial charge on any atom is 0.224 e. The van der Waals surface area contributed by atoms with Gasteiger partial charge in [0.05, 0.1) is 6.42 Å². The molecular weight excluding hydrogens is 234 g/mol. The molecule has 17 heavy (non-hydrogen) atoms. The normalized spacial score (nSPS) is 12.2. The van der Waals surface area contributed by atoms with Crippen molar-refractivity contribution in [3.63, 3.8) is 0 Å². The highest BCUT2D eigenvalue weighted by Crippen LogP contribution is 2.06. The van der Waals surface area contributed by atoms with Crippen LogP contribution in [-0.2, 0) is 11.2 Å². The number of carbonyl (C=O) groups excluding carboxylic acids is 1. The second-order valence-corrected chi connectivity index (χ2v) is 4.69. The van der Waals surface area contributed by atoms with Crippen molar-refractivity contribution in [2.24, 2.45) is 0 Å². The van der Waals surface area contributed by atoms with E-state index in [1.807, 2.05) is 31.2 Å². The molecule has 94 valence electrons. The van der Waals surface area contributed by atoms with Crippen LogP contribution < -0.4 is 5.32 Å². The Kier molecular flexibility index (Phi) is 6.06. The van der Waals surface area contributed by atoms with Crippen LogP contribution in [0.25, 0.3) is 0 Å². The van der Waals surface area contributed by atoms with Crippen LogP contribution in [0.5, 0.6) is 0 Å². The van der Waals surface area contributed by atoms with E-state index in [1.54, 1.807) is 0 Å². The lowest BCUT2D eigenvalue weighted by atomic mass is 10.1. The van der Waals surface area contributed by atoms with Crippen LogP contribution in [0.2, 0.25) is 0 Å². The fourth-order valence-electron chi connectivity index (χ4n) is 1.80. The zero-order chi connectivity index (χ0) is 12.7. The molecule has 1 N–H and O–H groups in total. The third kappa shape index (κ3) is 5.22. The Balaban J connectivity index is 2.49. The highest BCUT2D eigenvalue weighted by Gasteiger charge is 2.10. The molecule has 0 aromatic heterocycles. The van der Waals surface area contributed by atoms with Crippen molar-refractivity contribution in [1.29, 1.82) is 0 Å². The molecule has 3 heteroatoms. The number of rotatable bonds is 6. The number of carbonyl (C=O) groups is 1. The molecule has 1 atom stereocenters. The standard InChI is InChI=1S/C14H20ClNO/c1-3-13(7-8-15)16-14(17)10-12-6-4-5-11(2)9-12/h4-6,9,13H,3,7-8,10H2,1-2H3,(H,16,17). The quantitative estimate of drug-likeness (QED) is 0.776. The SMILES string of the molecule is CCC(CCCl)NC(=O)Cc1cccc(C)c1. The van der Waals surface area contributed by atoms with E-state index in [9.17, 15) is 4.79 Å². The van der Waals surface area contributed by atoms with E-state index in [0.717, 1.165) is 18.4 Å². The monoisotopic (exact) mass is 253 g/mol. The minimum atomic E-state index is 0.0765. The average molecular weight is 254 g/mol. The summed E-state index contributed by atoms with van der Waals surface area (Å²) in [5.41, 5.74) is 2.24. The summed E-state index contributed by atoms with van der Waals surface area (Å²) in [6.07, 6.45) is 2.20. The van der Waals surface area contributed by atoms with Crippen LogP contribution in [0, 0.1) is 6.92 Å². The van der Waals surface area contributed by atoms with Gasteiger partial charge in [-0.3, -0.25) is 4.79 Å². The largest absolute Gasteiger partial charge is 0.353 e. The van der Waals surface area contributed by atoms with E-state index in [2.05, 4.69) is 12.2 Å². The topological polar surface area (TPSA) is 29.1 Å². The van der Waals surface area contributed by atoms with Gasteiger partial charge in [-0.05, 0) is 25.3 Å². The van der Waals surface area contributed by atoms with Gasteiger partial charge in [0.25, 0.3) is 0 Å². The summed E-state index contributed by atoms with van der Waals surface area (Å²) in [5.74, 6) is 0.663. The molecule has 1 aromatic carbocycles. The van der Waals surface area contributed by atoms with Gasteiger partial charge < -0.3 is 5.32 Å². The fourth-order valence-corrected chi connectivity index (χ4v) is 2.06. The summed E-state index contributed by atoms with van der Waals surface area (Å²) in [7, 11) is 0. The molecule has 1 amide bonds. The van der Waals surface area contributed by atoms with Crippen molar-refractivity contribution >= 4 is 17.5 Å². The second-order valence-electron chi connectivity index (χ2n) is 4.32. The molecule has 0 fully saturated rings. The summed E-state index contributed by atoms with van der Waals surface area (Å²) in [5, 5.41) is 3.01. The fraction of sp³-hybridized carbons (Fsp3) is 0.500. The minimum absolute atomic E-state index is 0.0765. The Bertz CT molecular complexity index is 365. The smallest absolute Gasteiger partial charge is 0.224 e. The average Bonchev–Trinajstić information content (AvgIpc) is 2.28. The third-order valence-electron chi connectivity index (χ3n) is 2.76.